The topological polar surface area (TPSA) is 290 Å². The highest BCUT2D eigenvalue weighted by Crippen LogP contribution is 2.41. The molecule has 468 valence electrons. The summed E-state index contributed by atoms with van der Waals surface area (Å²) in [5.41, 5.74) is 9.57. The van der Waals surface area contributed by atoms with E-state index < -0.39 is 0 Å². The van der Waals surface area contributed by atoms with Crippen molar-refractivity contribution >= 4 is 55.9 Å². The van der Waals surface area contributed by atoms with Gasteiger partial charge in [-0.05, 0) is 111 Å². The van der Waals surface area contributed by atoms with E-state index in [2.05, 4.69) is 133 Å². The molecule has 4 N–H and O–H groups in total. The fraction of sp³-hybridized carbons (Fsp3) is 0.500. The van der Waals surface area contributed by atoms with Crippen LogP contribution in [0.15, 0.2) is 99.1 Å². The van der Waals surface area contributed by atoms with Crippen molar-refractivity contribution in [3.8, 4) is 34.7 Å². The summed E-state index contributed by atoms with van der Waals surface area (Å²) in [4.78, 5) is 75.2. The van der Waals surface area contributed by atoms with Crippen molar-refractivity contribution in [2.24, 2.45) is 35.5 Å². The van der Waals surface area contributed by atoms with Crippen molar-refractivity contribution in [2.75, 3.05) is 26.2 Å². The summed E-state index contributed by atoms with van der Waals surface area (Å²) in [5.74, 6) is 3.56. The molecule has 4 aliphatic rings. The monoisotopic (exact) mass is 1210 g/mol. The number of aromatic nitrogens is 16. The number of rotatable bonds is 14. The second-order valence-corrected chi connectivity index (χ2v) is 25.2. The number of hydrogen-bond acceptors (Lipinski definition) is 14. The van der Waals surface area contributed by atoms with Crippen molar-refractivity contribution in [1.82, 2.24) is 89.2 Å². The maximum Gasteiger partial charge on any atom is 0.236 e. The SMILES string of the molecule is CC[C@H](C1CCCC1)n1cc(-c2ncnc3[nH]ccc23)cn1.CC[C@H](C1CCCC1)n1cc(-c2ncnc3[nH]ccc23)cn1.C[C@@H]1CCN(C(=O)CC#N)CC1[C@@H](C)c1ncnc2[nH]ccc12.C[C@@H]1CCN(C(=O)CC#N)CC1[C@@H](C)c1ncnc2[nH]ccc12. The first-order chi connectivity index (χ1) is 44.0. The van der Waals surface area contributed by atoms with Crippen LogP contribution in [0.2, 0.25) is 0 Å². The Morgan fingerprint density at radius 2 is 0.878 bits per heavy atom. The normalized spacial score (nSPS) is 20.1. The average Bonchev–Trinajstić information content (AvgIpc) is 2.04. The molecule has 10 aromatic rings. The van der Waals surface area contributed by atoms with Gasteiger partial charge in [-0.3, -0.25) is 19.0 Å². The molecule has 2 saturated heterocycles. The highest BCUT2D eigenvalue weighted by atomic mass is 16.2. The van der Waals surface area contributed by atoms with Crippen LogP contribution in [0, 0.1) is 58.2 Å². The number of H-pyrrole nitrogens is 4. The average molecular weight is 1210 g/mol. The Morgan fingerprint density at radius 1 is 0.522 bits per heavy atom. The predicted octanol–water partition coefficient (Wildman–Crippen LogP) is 12.8. The maximum absolute atomic E-state index is 12.1. The Balaban J connectivity index is 0.000000123. The molecule has 2 saturated carbocycles. The van der Waals surface area contributed by atoms with Crippen LogP contribution in [0.3, 0.4) is 0 Å². The maximum atomic E-state index is 12.1. The Hall–Kier alpha value is -9.18. The van der Waals surface area contributed by atoms with Crippen molar-refractivity contribution in [1.29, 1.82) is 10.5 Å². The predicted molar refractivity (Wildman–Crippen MR) is 346 cm³/mol. The summed E-state index contributed by atoms with van der Waals surface area (Å²) in [6, 6.07) is 13.0. The zero-order valence-corrected chi connectivity index (χ0v) is 52.7. The number of fused-ring (bicyclic) bond motifs is 4. The van der Waals surface area contributed by atoms with Crippen LogP contribution < -0.4 is 0 Å². The van der Waals surface area contributed by atoms with Gasteiger partial charge in [-0.1, -0.05) is 67.2 Å². The minimum atomic E-state index is -0.0638. The number of amides is 2. The number of hydrogen-bond donors (Lipinski definition) is 4. The van der Waals surface area contributed by atoms with Crippen LogP contribution in [0.1, 0.15) is 167 Å². The number of nitrogens with zero attached hydrogens (tertiary/aromatic N) is 16. The van der Waals surface area contributed by atoms with Crippen LogP contribution >= 0.6 is 0 Å². The first-order valence-corrected chi connectivity index (χ1v) is 32.5. The first-order valence-electron chi connectivity index (χ1n) is 32.5. The first kappa shape index (κ1) is 62.4. The Bertz CT molecular complexity index is 3810. The van der Waals surface area contributed by atoms with E-state index in [0.717, 1.165) is 129 Å². The Kier molecular flexibility index (Phi) is 20.1. The third-order valence-electron chi connectivity index (χ3n) is 20.0. The molecule has 2 amide bonds. The van der Waals surface area contributed by atoms with Gasteiger partial charge < -0.3 is 29.7 Å². The molecular weight excluding hydrogens is 1130 g/mol. The fourth-order valence-corrected chi connectivity index (χ4v) is 14.9. The molecule has 0 aromatic carbocycles. The molecule has 2 aliphatic carbocycles. The number of likely N-dealkylation sites (tertiary alicyclic amines) is 2. The standard InChI is InChI=1S/2C17H21N5O.2C17H21N5/c2*1-11-5-8-22(15(23)3-6-18)9-14(11)12(2)16-13-4-7-19-17(13)21-10-20-16;2*1-2-15(12-5-3-4-6-12)22-10-13(9-21-22)16-14-7-8-18-17(14)20-11-19-16/h2*4,7,10-12,14H,3,5,8-9H2,1-2H3,(H,19,20,21);2*7-12,15H,2-6H2,1H3,(H,18,19,20)/t2*11-,12-,14?;2*15-/m1111/s1. The fourth-order valence-electron chi connectivity index (χ4n) is 14.9. The van der Waals surface area contributed by atoms with Crippen LogP contribution in [0.4, 0.5) is 0 Å². The Morgan fingerprint density at radius 3 is 1.24 bits per heavy atom. The van der Waals surface area contributed by atoms with Gasteiger partial charge in [0, 0.05) is 108 Å². The molecule has 4 fully saturated rings. The van der Waals surface area contributed by atoms with Gasteiger partial charge in [-0.2, -0.15) is 20.7 Å². The lowest BCUT2D eigenvalue weighted by molar-refractivity contribution is -0.133. The molecule has 14 rings (SSSR count). The van der Waals surface area contributed by atoms with Gasteiger partial charge in [0.15, 0.2) is 0 Å². The highest BCUT2D eigenvalue weighted by molar-refractivity contribution is 5.91. The van der Waals surface area contributed by atoms with Gasteiger partial charge in [0.1, 0.15) is 60.7 Å². The zero-order chi connectivity index (χ0) is 62.7. The molecule has 90 heavy (non-hydrogen) atoms. The molecular formula is C68H84N20O2. The molecule has 8 atom stereocenters. The van der Waals surface area contributed by atoms with Gasteiger partial charge in [0.2, 0.25) is 11.8 Å². The van der Waals surface area contributed by atoms with Crippen molar-refractivity contribution in [3.05, 3.63) is 111 Å². The number of carbonyl (C=O) groups is 2. The number of carbonyl (C=O) groups excluding carboxylic acids is 2. The van der Waals surface area contributed by atoms with E-state index in [1.54, 1.807) is 25.3 Å². The van der Waals surface area contributed by atoms with Crippen LogP contribution in [-0.4, -0.2) is 127 Å². The third-order valence-corrected chi connectivity index (χ3v) is 20.0. The van der Waals surface area contributed by atoms with E-state index in [9.17, 15) is 9.59 Å². The number of nitrogens with one attached hydrogen (secondary N) is 4. The van der Waals surface area contributed by atoms with E-state index in [-0.39, 0.29) is 36.5 Å². The van der Waals surface area contributed by atoms with Crippen LogP contribution in [0.25, 0.3) is 66.6 Å². The van der Waals surface area contributed by atoms with Crippen LogP contribution in [0.5, 0.6) is 0 Å². The van der Waals surface area contributed by atoms with Crippen LogP contribution in [-0.2, 0) is 9.59 Å². The molecule has 2 unspecified atom stereocenters. The quantitative estimate of drug-likeness (QED) is 0.0787. The summed E-state index contributed by atoms with van der Waals surface area (Å²) in [7, 11) is 0. The van der Waals surface area contributed by atoms with E-state index in [1.165, 1.54) is 51.4 Å². The lowest BCUT2D eigenvalue weighted by Crippen LogP contribution is -2.44. The highest BCUT2D eigenvalue weighted by Gasteiger charge is 2.36. The molecule has 10 aromatic heterocycles. The largest absolute Gasteiger partial charge is 0.346 e. The molecule has 2 aliphatic heterocycles. The number of nitriles is 2. The van der Waals surface area contributed by atoms with Crippen molar-refractivity contribution < 1.29 is 9.59 Å². The van der Waals surface area contributed by atoms with Crippen molar-refractivity contribution in [2.45, 2.75) is 155 Å². The molecule has 0 bridgehead atoms. The van der Waals surface area contributed by atoms with Crippen molar-refractivity contribution in [3.63, 3.8) is 0 Å². The molecule has 22 nitrogen and oxygen atoms in total. The second-order valence-electron chi connectivity index (χ2n) is 25.2. The van der Waals surface area contributed by atoms with E-state index in [4.69, 9.17) is 10.5 Å². The van der Waals surface area contributed by atoms with Gasteiger partial charge in [-0.15, -0.1) is 0 Å². The summed E-state index contributed by atoms with van der Waals surface area (Å²) in [5, 5.41) is 31.0. The minimum Gasteiger partial charge on any atom is -0.346 e. The van der Waals surface area contributed by atoms with E-state index in [1.807, 2.05) is 83.4 Å². The zero-order valence-electron chi connectivity index (χ0n) is 52.7. The van der Waals surface area contributed by atoms with E-state index >= 15 is 0 Å². The van der Waals surface area contributed by atoms with E-state index in [0.29, 0.717) is 48.8 Å². The summed E-state index contributed by atoms with van der Waals surface area (Å²) < 4.78 is 4.32. The molecule has 0 radical (unpaired) electrons. The lowest BCUT2D eigenvalue weighted by atomic mass is 9.77. The van der Waals surface area contributed by atoms with Gasteiger partial charge in [-0.25, -0.2) is 39.9 Å². The van der Waals surface area contributed by atoms with Gasteiger partial charge in [0.05, 0.1) is 59.4 Å². The molecule has 22 heteroatoms. The van der Waals surface area contributed by atoms with Gasteiger partial charge in [0.25, 0.3) is 0 Å². The third kappa shape index (κ3) is 13.7. The second kappa shape index (κ2) is 29.0. The Labute approximate surface area is 525 Å². The lowest BCUT2D eigenvalue weighted by Gasteiger charge is -2.39. The number of piperidine rings is 2. The smallest absolute Gasteiger partial charge is 0.236 e. The molecule has 0 spiro atoms. The number of aromatic amines is 4. The summed E-state index contributed by atoms with van der Waals surface area (Å²) in [6.45, 7) is 16.2. The van der Waals surface area contributed by atoms with Gasteiger partial charge >= 0.3 is 0 Å². The summed E-state index contributed by atoms with van der Waals surface area (Å²) in [6.07, 6.45) is 37.1. The minimum absolute atomic E-state index is 0.0367. The summed E-state index contributed by atoms with van der Waals surface area (Å²) >= 11 is 0. The molecule has 12 heterocycles.